The van der Waals surface area contributed by atoms with Gasteiger partial charge in [0.15, 0.2) is 0 Å². The maximum atomic E-state index is 13.9. The van der Waals surface area contributed by atoms with E-state index in [1.807, 2.05) is 61.1 Å². The Bertz CT molecular complexity index is 2280. The molecule has 0 spiro atoms. The van der Waals surface area contributed by atoms with Gasteiger partial charge in [0.2, 0.25) is 0 Å². The highest BCUT2D eigenvalue weighted by Crippen LogP contribution is 2.39. The fourth-order valence-corrected chi connectivity index (χ4v) is 7.80. The summed E-state index contributed by atoms with van der Waals surface area (Å²) in [6, 6.07) is 29.0. The number of hydrogen-bond donors (Lipinski definition) is 1. The van der Waals surface area contributed by atoms with E-state index in [1.54, 1.807) is 0 Å². The zero-order chi connectivity index (χ0) is 36.9. The summed E-state index contributed by atoms with van der Waals surface area (Å²) in [4.78, 5) is 16.3. The highest BCUT2D eigenvalue weighted by atomic mass is 16.5. The smallest absolute Gasteiger partial charge is 0.355 e. The predicted molar refractivity (Wildman–Crippen MR) is 213 cm³/mol. The number of fused-ring (bicyclic) bond motifs is 3. The largest absolute Gasteiger partial charge is 0.493 e. The summed E-state index contributed by atoms with van der Waals surface area (Å²) in [5.41, 5.74) is 7.38. The van der Waals surface area contributed by atoms with Crippen molar-refractivity contribution >= 4 is 33.3 Å². The SMILES string of the molecule is CCOC(=O)c1c(CCCOc2cccc3ccccc23)c2cccc3c2n1C/C=C\COCc1c-3c(COc2ccc(N3CCNCC3)cc2)nn1C. The average molecular weight is 726 g/mol. The first kappa shape index (κ1) is 35.4. The highest BCUT2D eigenvalue weighted by molar-refractivity contribution is 6.05. The van der Waals surface area contributed by atoms with E-state index in [9.17, 15) is 4.79 Å². The third kappa shape index (κ3) is 7.19. The Morgan fingerprint density at radius 1 is 0.907 bits per heavy atom. The molecule has 2 aliphatic rings. The number of benzene rings is 4. The molecule has 0 atom stereocenters. The molecule has 4 aromatic carbocycles. The van der Waals surface area contributed by atoms with Crippen molar-refractivity contribution in [3.8, 4) is 22.6 Å². The van der Waals surface area contributed by atoms with Crippen LogP contribution in [0.25, 0.3) is 32.8 Å². The van der Waals surface area contributed by atoms with Gasteiger partial charge in [-0.1, -0.05) is 66.7 Å². The van der Waals surface area contributed by atoms with Crippen LogP contribution in [0.3, 0.4) is 0 Å². The van der Waals surface area contributed by atoms with Crippen molar-refractivity contribution in [2.45, 2.75) is 39.5 Å². The van der Waals surface area contributed by atoms with Crippen LogP contribution in [-0.4, -0.2) is 66.3 Å². The minimum absolute atomic E-state index is 0.272. The molecule has 2 aliphatic heterocycles. The van der Waals surface area contributed by atoms with Crippen molar-refractivity contribution in [3.63, 3.8) is 0 Å². The molecule has 0 amide bonds. The van der Waals surface area contributed by atoms with Gasteiger partial charge in [0.25, 0.3) is 0 Å². The lowest BCUT2D eigenvalue weighted by Crippen LogP contribution is -2.43. The first-order valence-corrected chi connectivity index (χ1v) is 19.0. The van der Waals surface area contributed by atoms with Gasteiger partial charge in [-0.2, -0.15) is 5.10 Å². The monoisotopic (exact) mass is 725 g/mol. The molecule has 1 fully saturated rings. The molecule has 0 bridgehead atoms. The van der Waals surface area contributed by atoms with Gasteiger partial charge in [-0.15, -0.1) is 0 Å². The van der Waals surface area contributed by atoms with Crippen molar-refractivity contribution in [3.05, 3.63) is 120 Å². The number of allylic oxidation sites excluding steroid dienone is 1. The third-order valence-corrected chi connectivity index (χ3v) is 10.3. The molecule has 1 N–H and O–H groups in total. The van der Waals surface area contributed by atoms with Crippen molar-refractivity contribution in [1.29, 1.82) is 0 Å². The second kappa shape index (κ2) is 16.2. The molecule has 0 aliphatic carbocycles. The molecule has 278 valence electrons. The molecule has 10 heteroatoms. The maximum absolute atomic E-state index is 13.9. The molecule has 4 heterocycles. The average Bonchev–Trinajstić information content (AvgIpc) is 3.69. The quantitative estimate of drug-likeness (QED) is 0.0837. The molecule has 0 saturated carbocycles. The molecule has 54 heavy (non-hydrogen) atoms. The highest BCUT2D eigenvalue weighted by Gasteiger charge is 2.28. The Hall–Kier alpha value is -5.58. The second-order valence-corrected chi connectivity index (χ2v) is 13.7. The number of ether oxygens (including phenoxy) is 4. The van der Waals surface area contributed by atoms with Crippen LogP contribution in [-0.2, 0) is 42.7 Å². The zero-order valence-electron chi connectivity index (χ0n) is 31.1. The van der Waals surface area contributed by atoms with E-state index in [-0.39, 0.29) is 19.2 Å². The standard InChI is InChI=1S/C44H47N5O5/c1-3-52-44(50)43-36(16-10-28-53-40-17-8-12-31-11-4-5-13-34(31)40)35-14-9-15-37-41-38(29-54-33-20-18-32(19-21-33)48-25-22-45-23-26-48)46-47(2)39(41)30-51-27-7-6-24-49(43)42(35)37/h4-9,11-15,17-21,45H,3,10,16,22-30H2,1-2H3/b7-6-. The van der Waals surface area contributed by atoms with Gasteiger partial charge in [0, 0.05) is 67.4 Å². The molecule has 1 saturated heterocycles. The number of hydrogen-bond acceptors (Lipinski definition) is 8. The van der Waals surface area contributed by atoms with E-state index in [0.29, 0.717) is 44.9 Å². The summed E-state index contributed by atoms with van der Waals surface area (Å²) in [5, 5.41) is 11.7. The van der Waals surface area contributed by atoms with Crippen molar-refractivity contribution in [1.82, 2.24) is 19.7 Å². The molecule has 2 aromatic heterocycles. The van der Waals surface area contributed by atoms with Crippen molar-refractivity contribution in [2.24, 2.45) is 7.05 Å². The number of piperazine rings is 1. The van der Waals surface area contributed by atoms with E-state index in [2.05, 4.69) is 69.4 Å². The van der Waals surface area contributed by atoms with Gasteiger partial charge in [-0.25, -0.2) is 4.79 Å². The number of anilines is 1. The van der Waals surface area contributed by atoms with Crippen LogP contribution in [0.2, 0.25) is 0 Å². The summed E-state index contributed by atoms with van der Waals surface area (Å²) in [6.07, 6.45) is 5.43. The molecule has 10 nitrogen and oxygen atoms in total. The van der Waals surface area contributed by atoms with Crippen LogP contribution in [0, 0.1) is 0 Å². The van der Waals surface area contributed by atoms with Crippen LogP contribution < -0.4 is 19.7 Å². The molecule has 0 unspecified atom stereocenters. The Kier molecular flexibility index (Phi) is 10.6. The number of aryl methyl sites for hydroxylation is 2. The maximum Gasteiger partial charge on any atom is 0.355 e. The summed E-state index contributed by atoms with van der Waals surface area (Å²) in [7, 11) is 1.95. The third-order valence-electron chi connectivity index (χ3n) is 10.3. The fraction of sp³-hybridized carbons (Fsp3) is 0.318. The summed E-state index contributed by atoms with van der Waals surface area (Å²) in [6.45, 7) is 8.16. The van der Waals surface area contributed by atoms with Gasteiger partial charge in [-0.3, -0.25) is 4.68 Å². The Morgan fingerprint density at radius 3 is 2.56 bits per heavy atom. The topological polar surface area (TPSA) is 92.0 Å². The van der Waals surface area contributed by atoms with Gasteiger partial charge >= 0.3 is 5.97 Å². The number of carbonyl (C=O) groups is 1. The lowest BCUT2D eigenvalue weighted by atomic mass is 9.98. The van der Waals surface area contributed by atoms with Gasteiger partial charge in [-0.05, 0) is 61.0 Å². The zero-order valence-corrected chi connectivity index (χ0v) is 31.1. The number of aromatic nitrogens is 3. The van der Waals surface area contributed by atoms with Gasteiger partial charge < -0.3 is 33.7 Å². The first-order valence-electron chi connectivity index (χ1n) is 19.0. The number of esters is 1. The van der Waals surface area contributed by atoms with Crippen molar-refractivity contribution < 1.29 is 23.7 Å². The van der Waals surface area contributed by atoms with Crippen LogP contribution >= 0.6 is 0 Å². The van der Waals surface area contributed by atoms with E-state index in [0.717, 1.165) is 87.4 Å². The van der Waals surface area contributed by atoms with E-state index >= 15 is 0 Å². The Morgan fingerprint density at radius 2 is 1.70 bits per heavy atom. The number of para-hydroxylation sites is 1. The lowest BCUT2D eigenvalue weighted by molar-refractivity contribution is 0.0513. The van der Waals surface area contributed by atoms with Gasteiger partial charge in [0.1, 0.15) is 29.5 Å². The fourth-order valence-electron chi connectivity index (χ4n) is 7.80. The summed E-state index contributed by atoms with van der Waals surface area (Å²) < 4.78 is 28.7. The molecule has 0 radical (unpaired) electrons. The number of nitrogens with one attached hydrogen (secondary N) is 1. The minimum atomic E-state index is -0.330. The van der Waals surface area contributed by atoms with Crippen LogP contribution in [0.4, 0.5) is 5.69 Å². The molecular formula is C44H47N5O5. The normalized spacial score (nSPS) is 15.1. The molecular weight excluding hydrogens is 679 g/mol. The van der Waals surface area contributed by atoms with Crippen LogP contribution in [0.5, 0.6) is 11.5 Å². The summed E-state index contributed by atoms with van der Waals surface area (Å²) >= 11 is 0. The number of rotatable bonds is 11. The van der Waals surface area contributed by atoms with E-state index in [4.69, 9.17) is 24.0 Å². The van der Waals surface area contributed by atoms with Crippen LogP contribution in [0.15, 0.2) is 97.1 Å². The minimum Gasteiger partial charge on any atom is -0.493 e. The summed E-state index contributed by atoms with van der Waals surface area (Å²) in [5.74, 6) is 1.31. The lowest BCUT2D eigenvalue weighted by Gasteiger charge is -2.29. The van der Waals surface area contributed by atoms with Gasteiger partial charge in [0.05, 0.1) is 37.6 Å². The predicted octanol–water partition coefficient (Wildman–Crippen LogP) is 7.46. The van der Waals surface area contributed by atoms with Crippen LogP contribution in [0.1, 0.15) is 40.8 Å². The number of carbonyl (C=O) groups excluding carboxylic acids is 1. The van der Waals surface area contributed by atoms with E-state index in [1.165, 1.54) is 5.69 Å². The van der Waals surface area contributed by atoms with Crippen molar-refractivity contribution in [2.75, 3.05) is 50.9 Å². The number of nitrogens with zero attached hydrogens (tertiary/aromatic N) is 4. The Balaban J connectivity index is 1.14. The molecule has 8 rings (SSSR count). The Labute approximate surface area is 315 Å². The molecule has 6 aromatic rings. The first-order chi connectivity index (χ1) is 26.6. The second-order valence-electron chi connectivity index (χ2n) is 13.7. The van der Waals surface area contributed by atoms with E-state index < -0.39 is 0 Å².